The van der Waals surface area contributed by atoms with Crippen LogP contribution in [0.1, 0.15) is 40.5 Å². The Morgan fingerprint density at radius 1 is 1.15 bits per heavy atom. The monoisotopic (exact) mass is 272 g/mol. The largest absolute Gasteiger partial charge is 0.476 e. The van der Waals surface area contributed by atoms with E-state index in [4.69, 9.17) is 5.11 Å². The van der Waals surface area contributed by atoms with Crippen LogP contribution in [0.3, 0.4) is 0 Å². The Labute approximate surface area is 119 Å². The molecule has 0 fully saturated rings. The summed E-state index contributed by atoms with van der Waals surface area (Å²) in [5, 5.41) is 13.3. The van der Waals surface area contributed by atoms with Crippen LogP contribution in [0.5, 0.6) is 0 Å². The van der Waals surface area contributed by atoms with Gasteiger partial charge in [-0.3, -0.25) is 4.68 Å². The molecular weight excluding hydrogens is 252 g/mol. The first-order chi connectivity index (χ1) is 9.43. The summed E-state index contributed by atoms with van der Waals surface area (Å²) in [7, 11) is 0. The molecule has 0 saturated carbocycles. The Balaban J connectivity index is 2.61. The molecule has 1 aromatic carbocycles. The van der Waals surface area contributed by atoms with Crippen LogP contribution in [0, 0.1) is 20.8 Å². The van der Waals surface area contributed by atoms with E-state index in [1.165, 1.54) is 11.1 Å². The van der Waals surface area contributed by atoms with Crippen molar-refractivity contribution in [3.05, 3.63) is 40.6 Å². The maximum Gasteiger partial charge on any atom is 0.356 e. The summed E-state index contributed by atoms with van der Waals surface area (Å²) >= 11 is 0. The molecule has 0 aliphatic heterocycles. The lowest BCUT2D eigenvalue weighted by molar-refractivity contribution is 0.0689. The van der Waals surface area contributed by atoms with Gasteiger partial charge in [0, 0.05) is 12.1 Å². The van der Waals surface area contributed by atoms with Crippen molar-refractivity contribution in [3.63, 3.8) is 0 Å². The second-order valence-electron chi connectivity index (χ2n) is 5.19. The smallest absolute Gasteiger partial charge is 0.356 e. The lowest BCUT2D eigenvalue weighted by Crippen LogP contribution is -2.04. The van der Waals surface area contributed by atoms with Crippen LogP contribution in [0.4, 0.5) is 0 Å². The van der Waals surface area contributed by atoms with E-state index in [1.54, 1.807) is 10.7 Å². The Hall–Kier alpha value is -2.10. The zero-order valence-electron chi connectivity index (χ0n) is 12.4. The van der Waals surface area contributed by atoms with E-state index in [9.17, 15) is 4.79 Å². The van der Waals surface area contributed by atoms with Crippen molar-refractivity contribution in [2.75, 3.05) is 0 Å². The number of rotatable bonds is 4. The Morgan fingerprint density at radius 3 is 2.40 bits per heavy atom. The van der Waals surface area contributed by atoms with Crippen molar-refractivity contribution in [1.29, 1.82) is 0 Å². The predicted octanol–water partition coefficient (Wildman–Crippen LogP) is 3.58. The van der Waals surface area contributed by atoms with Gasteiger partial charge in [0.1, 0.15) is 0 Å². The molecule has 0 amide bonds. The van der Waals surface area contributed by atoms with Gasteiger partial charge in [-0.2, -0.15) is 5.10 Å². The molecule has 0 unspecified atom stereocenters. The molecule has 0 aliphatic carbocycles. The summed E-state index contributed by atoms with van der Waals surface area (Å²) in [5.41, 5.74) is 5.62. The molecule has 106 valence electrons. The Bertz CT molecular complexity index is 657. The molecule has 2 rings (SSSR count). The zero-order valence-corrected chi connectivity index (χ0v) is 12.4. The number of aromatic nitrogens is 2. The van der Waals surface area contributed by atoms with Crippen molar-refractivity contribution in [2.45, 2.75) is 40.7 Å². The fourth-order valence-corrected chi connectivity index (χ4v) is 2.36. The number of hydrogen-bond donors (Lipinski definition) is 1. The summed E-state index contributed by atoms with van der Waals surface area (Å²) in [6, 6.07) is 5.91. The van der Waals surface area contributed by atoms with E-state index in [0.29, 0.717) is 0 Å². The molecule has 4 nitrogen and oxygen atoms in total. The van der Waals surface area contributed by atoms with Gasteiger partial charge in [-0.1, -0.05) is 13.0 Å². The number of nitrogens with zero attached hydrogens (tertiary/aromatic N) is 2. The van der Waals surface area contributed by atoms with Gasteiger partial charge in [0.15, 0.2) is 5.69 Å². The first kappa shape index (κ1) is 14.3. The fourth-order valence-electron chi connectivity index (χ4n) is 2.36. The van der Waals surface area contributed by atoms with E-state index >= 15 is 0 Å². The first-order valence-electron chi connectivity index (χ1n) is 6.83. The number of aromatic carboxylic acids is 1. The number of benzene rings is 1. The molecule has 0 atom stereocenters. The lowest BCUT2D eigenvalue weighted by atomic mass is 9.98. The minimum atomic E-state index is -0.984. The molecule has 0 aliphatic rings. The van der Waals surface area contributed by atoms with Crippen molar-refractivity contribution in [3.8, 4) is 11.3 Å². The van der Waals surface area contributed by atoms with Gasteiger partial charge < -0.3 is 5.11 Å². The molecule has 0 saturated heterocycles. The topological polar surface area (TPSA) is 55.1 Å². The third-order valence-electron chi connectivity index (χ3n) is 3.55. The summed E-state index contributed by atoms with van der Waals surface area (Å²) in [6.45, 7) is 8.97. The summed E-state index contributed by atoms with van der Waals surface area (Å²) < 4.78 is 1.79. The van der Waals surface area contributed by atoms with E-state index < -0.39 is 5.97 Å². The first-order valence-corrected chi connectivity index (χ1v) is 6.83. The summed E-state index contributed by atoms with van der Waals surface area (Å²) in [5.74, 6) is -0.984. The molecule has 2 aromatic rings. The van der Waals surface area contributed by atoms with Crippen molar-refractivity contribution in [2.24, 2.45) is 0 Å². The van der Waals surface area contributed by atoms with Crippen LogP contribution < -0.4 is 0 Å². The quantitative estimate of drug-likeness (QED) is 0.925. The van der Waals surface area contributed by atoms with E-state index in [0.717, 1.165) is 29.8 Å². The predicted molar refractivity (Wildman–Crippen MR) is 79.1 cm³/mol. The highest BCUT2D eigenvalue weighted by Crippen LogP contribution is 2.27. The maximum atomic E-state index is 11.1. The molecule has 0 bridgehead atoms. The van der Waals surface area contributed by atoms with E-state index in [2.05, 4.69) is 38.0 Å². The number of hydrogen-bond acceptors (Lipinski definition) is 2. The third-order valence-corrected chi connectivity index (χ3v) is 3.55. The average molecular weight is 272 g/mol. The normalized spacial score (nSPS) is 10.8. The van der Waals surface area contributed by atoms with E-state index in [-0.39, 0.29) is 5.69 Å². The summed E-state index contributed by atoms with van der Waals surface area (Å²) in [6.07, 6.45) is 0.914. The van der Waals surface area contributed by atoms with Crippen LogP contribution >= 0.6 is 0 Å². The molecule has 1 heterocycles. The second kappa shape index (κ2) is 5.49. The highest BCUT2D eigenvalue weighted by Gasteiger charge is 2.16. The van der Waals surface area contributed by atoms with Gasteiger partial charge in [-0.05, 0) is 56.0 Å². The third kappa shape index (κ3) is 2.59. The standard InChI is InChI=1S/C16H20N2O2/c1-5-6-18-15(9-14(17-18)16(19)20)13-8-11(3)10(2)7-12(13)4/h7-9H,5-6H2,1-4H3,(H,19,20). The van der Waals surface area contributed by atoms with Gasteiger partial charge >= 0.3 is 5.97 Å². The average Bonchev–Trinajstić information content (AvgIpc) is 2.78. The molecule has 0 spiro atoms. The van der Waals surface area contributed by atoms with Gasteiger partial charge in [0.2, 0.25) is 0 Å². The van der Waals surface area contributed by atoms with Crippen molar-refractivity contribution >= 4 is 5.97 Å². The van der Waals surface area contributed by atoms with Gasteiger partial charge in [-0.25, -0.2) is 4.79 Å². The van der Waals surface area contributed by atoms with E-state index in [1.807, 2.05) is 6.92 Å². The maximum absolute atomic E-state index is 11.1. The summed E-state index contributed by atoms with van der Waals surface area (Å²) in [4.78, 5) is 11.1. The second-order valence-corrected chi connectivity index (χ2v) is 5.19. The van der Waals surface area contributed by atoms with Crippen LogP contribution in [-0.4, -0.2) is 20.9 Å². The molecule has 1 aromatic heterocycles. The molecule has 20 heavy (non-hydrogen) atoms. The minimum Gasteiger partial charge on any atom is -0.476 e. The Morgan fingerprint density at radius 2 is 1.80 bits per heavy atom. The Kier molecular flexibility index (Phi) is 3.93. The number of aryl methyl sites for hydroxylation is 4. The molecule has 4 heteroatoms. The lowest BCUT2D eigenvalue weighted by Gasteiger charge is -2.11. The van der Waals surface area contributed by atoms with Crippen LogP contribution in [0.2, 0.25) is 0 Å². The highest BCUT2D eigenvalue weighted by atomic mass is 16.4. The van der Waals surface area contributed by atoms with Crippen LogP contribution in [-0.2, 0) is 6.54 Å². The number of carboxylic acids is 1. The van der Waals surface area contributed by atoms with Crippen molar-refractivity contribution in [1.82, 2.24) is 9.78 Å². The number of carbonyl (C=O) groups is 1. The van der Waals surface area contributed by atoms with Gasteiger partial charge in [0.25, 0.3) is 0 Å². The van der Waals surface area contributed by atoms with Gasteiger partial charge in [0.05, 0.1) is 5.69 Å². The SMILES string of the molecule is CCCn1nc(C(=O)O)cc1-c1cc(C)c(C)cc1C. The zero-order chi connectivity index (χ0) is 14.9. The fraction of sp³-hybridized carbons (Fsp3) is 0.375. The van der Waals surface area contributed by atoms with Crippen molar-refractivity contribution < 1.29 is 9.90 Å². The van der Waals surface area contributed by atoms with Gasteiger partial charge in [-0.15, -0.1) is 0 Å². The van der Waals surface area contributed by atoms with Crippen LogP contribution in [0.25, 0.3) is 11.3 Å². The van der Waals surface area contributed by atoms with Crippen LogP contribution in [0.15, 0.2) is 18.2 Å². The minimum absolute atomic E-state index is 0.103. The molecule has 1 N–H and O–H groups in total. The number of carboxylic acid groups (broad SMARTS) is 1. The highest BCUT2D eigenvalue weighted by molar-refractivity contribution is 5.87. The molecule has 0 radical (unpaired) electrons. The molecular formula is C16H20N2O2.